The van der Waals surface area contributed by atoms with E-state index in [2.05, 4.69) is 20.3 Å². The Bertz CT molecular complexity index is 1640. The predicted octanol–water partition coefficient (Wildman–Crippen LogP) is 3.55. The largest absolute Gasteiger partial charge is 0.357 e. The molecule has 6 rings (SSSR count). The fourth-order valence-electron chi connectivity index (χ4n) is 4.24. The van der Waals surface area contributed by atoms with Gasteiger partial charge in [0.2, 0.25) is 5.95 Å². The van der Waals surface area contributed by atoms with Crippen molar-refractivity contribution in [3.63, 3.8) is 0 Å². The highest BCUT2D eigenvalue weighted by Gasteiger charge is 2.31. The van der Waals surface area contributed by atoms with Crippen LogP contribution in [0.3, 0.4) is 0 Å². The highest BCUT2D eigenvalue weighted by molar-refractivity contribution is 6.35. The Morgan fingerprint density at radius 2 is 1.97 bits per heavy atom. The molecule has 0 amide bonds. The zero-order valence-electron chi connectivity index (χ0n) is 17.7. The van der Waals surface area contributed by atoms with Crippen LogP contribution in [0.4, 0.5) is 11.6 Å². The van der Waals surface area contributed by atoms with Crippen molar-refractivity contribution in [3.05, 3.63) is 80.3 Å². The van der Waals surface area contributed by atoms with E-state index in [0.717, 1.165) is 35.1 Å². The number of nitrogens with one attached hydrogen (secondary N) is 2. The first kappa shape index (κ1) is 19.8. The molecule has 0 spiro atoms. The summed E-state index contributed by atoms with van der Waals surface area (Å²) in [6, 6.07) is 11.1. The maximum absolute atomic E-state index is 13.5. The summed E-state index contributed by atoms with van der Waals surface area (Å²) in [7, 11) is 1.77. The molecule has 1 fully saturated rings. The average Bonchev–Trinajstić information content (AvgIpc) is 3.46. The Hall–Kier alpha value is -3.85. The molecule has 0 atom stereocenters. The summed E-state index contributed by atoms with van der Waals surface area (Å²) in [5, 5.41) is 4.69. The number of nitrogens with zero attached hydrogens (tertiary/aromatic N) is 5. The number of aryl methyl sites for hydroxylation is 1. The van der Waals surface area contributed by atoms with Crippen LogP contribution in [0.25, 0.3) is 22.1 Å². The van der Waals surface area contributed by atoms with Gasteiger partial charge in [-0.1, -0.05) is 17.7 Å². The van der Waals surface area contributed by atoms with Gasteiger partial charge in [0.15, 0.2) is 11.2 Å². The molecule has 9 nitrogen and oxygen atoms in total. The van der Waals surface area contributed by atoms with Crippen molar-refractivity contribution < 1.29 is 0 Å². The van der Waals surface area contributed by atoms with Crippen molar-refractivity contribution in [2.45, 2.75) is 25.4 Å². The van der Waals surface area contributed by atoms with Crippen molar-refractivity contribution in [3.8, 4) is 0 Å². The molecule has 0 bridgehead atoms. The molecule has 1 aliphatic carbocycles. The van der Waals surface area contributed by atoms with Crippen molar-refractivity contribution in [1.29, 1.82) is 0 Å². The van der Waals surface area contributed by atoms with E-state index in [1.807, 2.05) is 36.4 Å². The number of rotatable bonds is 5. The predicted molar refractivity (Wildman–Crippen MR) is 127 cm³/mol. The molecule has 0 radical (unpaired) electrons. The lowest BCUT2D eigenvalue weighted by Crippen LogP contribution is -2.40. The number of halogens is 1. The number of hydrogen-bond donors (Lipinski definition) is 2. The van der Waals surface area contributed by atoms with E-state index >= 15 is 0 Å². The van der Waals surface area contributed by atoms with Gasteiger partial charge in [-0.05, 0) is 43.2 Å². The molecule has 2 N–H and O–H groups in total. The monoisotopic (exact) mass is 461 g/mol. The van der Waals surface area contributed by atoms with Gasteiger partial charge in [-0.15, -0.1) is 0 Å². The molecule has 5 aromatic rings. The van der Waals surface area contributed by atoms with Crippen LogP contribution in [0.5, 0.6) is 0 Å². The maximum Gasteiger partial charge on any atom is 0.333 e. The Labute approximate surface area is 192 Å². The molecule has 1 aromatic carbocycles. The van der Waals surface area contributed by atoms with E-state index in [-0.39, 0.29) is 23.8 Å². The highest BCUT2D eigenvalue weighted by atomic mass is 35.5. The van der Waals surface area contributed by atoms with Gasteiger partial charge in [0.05, 0.1) is 6.54 Å². The van der Waals surface area contributed by atoms with Crippen LogP contribution in [0.1, 0.15) is 24.6 Å². The van der Waals surface area contributed by atoms with Crippen LogP contribution < -0.4 is 16.6 Å². The van der Waals surface area contributed by atoms with Gasteiger partial charge in [0, 0.05) is 52.8 Å². The summed E-state index contributed by atoms with van der Waals surface area (Å²) in [5.74, 6) is 0.484. The second-order valence-electron chi connectivity index (χ2n) is 8.30. The Morgan fingerprint density at radius 3 is 2.70 bits per heavy atom. The van der Waals surface area contributed by atoms with Gasteiger partial charge in [-0.25, -0.2) is 4.79 Å². The van der Waals surface area contributed by atoms with Crippen molar-refractivity contribution in [2.24, 2.45) is 7.05 Å². The van der Waals surface area contributed by atoms with Gasteiger partial charge in [0.25, 0.3) is 5.56 Å². The number of H-pyrrole nitrogens is 1. The van der Waals surface area contributed by atoms with Crippen LogP contribution in [0.2, 0.25) is 5.02 Å². The third-order valence-electron chi connectivity index (χ3n) is 6.03. The number of anilines is 2. The number of aromatic nitrogens is 6. The molecule has 1 aliphatic rings. The van der Waals surface area contributed by atoms with Gasteiger partial charge in [-0.2, -0.15) is 4.98 Å². The van der Waals surface area contributed by atoms with Crippen LogP contribution >= 0.6 is 11.6 Å². The van der Waals surface area contributed by atoms with Crippen LogP contribution in [0.15, 0.2) is 58.4 Å². The molecular formula is C23H20ClN7O2. The zero-order valence-corrected chi connectivity index (χ0v) is 18.5. The van der Waals surface area contributed by atoms with Gasteiger partial charge in [-0.3, -0.25) is 18.9 Å². The quantitative estimate of drug-likeness (QED) is 0.416. The minimum atomic E-state index is -0.380. The zero-order chi connectivity index (χ0) is 22.7. The second-order valence-corrected chi connectivity index (χ2v) is 8.71. The number of imidazole rings is 1. The summed E-state index contributed by atoms with van der Waals surface area (Å²) in [4.78, 5) is 38.9. The van der Waals surface area contributed by atoms with Crippen LogP contribution in [-0.2, 0) is 13.6 Å². The molecule has 166 valence electrons. The number of hydrogen-bond acceptors (Lipinski definition) is 5. The van der Waals surface area contributed by atoms with Crippen LogP contribution in [0, 0.1) is 0 Å². The molecule has 0 unspecified atom stereocenters. The minimum Gasteiger partial charge on any atom is -0.357 e. The van der Waals surface area contributed by atoms with Crippen molar-refractivity contribution in [1.82, 2.24) is 28.7 Å². The standard InChI is InChI=1S/C23H20ClN7O2/c1-29-19-20(28-22(29)27-13-7-9-25-10-8-13)31(15-5-6-15)23(33)30(21(19)32)12-14-11-16-17(24)3-2-4-18(16)26-14/h2-4,7-11,15,26H,5-6,12H2,1H3,(H,25,27,28). The first-order valence-corrected chi connectivity index (χ1v) is 11.0. The lowest BCUT2D eigenvalue weighted by Gasteiger charge is -2.10. The van der Waals surface area contributed by atoms with Gasteiger partial charge >= 0.3 is 5.69 Å². The SMILES string of the molecule is Cn1c(Nc2ccncc2)nc2c1c(=O)n(Cc1cc3c(Cl)cccc3[nH]1)c(=O)n2C1CC1. The number of pyridine rings is 1. The van der Waals surface area contributed by atoms with Crippen molar-refractivity contribution in [2.75, 3.05) is 5.32 Å². The summed E-state index contributed by atoms with van der Waals surface area (Å²) in [5.41, 5.74) is 2.44. The van der Waals surface area contributed by atoms with Gasteiger partial charge in [0.1, 0.15) is 0 Å². The fourth-order valence-corrected chi connectivity index (χ4v) is 4.46. The Kier molecular flexibility index (Phi) is 4.41. The third-order valence-corrected chi connectivity index (χ3v) is 6.36. The molecule has 4 aromatic heterocycles. The lowest BCUT2D eigenvalue weighted by atomic mass is 10.2. The summed E-state index contributed by atoms with van der Waals surface area (Å²) >= 11 is 6.30. The van der Waals surface area contributed by atoms with E-state index < -0.39 is 0 Å². The molecule has 33 heavy (non-hydrogen) atoms. The Balaban J connectivity index is 1.52. The molecular weight excluding hydrogens is 442 g/mol. The molecule has 0 saturated heterocycles. The van der Waals surface area contributed by atoms with E-state index in [0.29, 0.717) is 22.1 Å². The van der Waals surface area contributed by atoms with Crippen molar-refractivity contribution >= 4 is 45.3 Å². The first-order chi connectivity index (χ1) is 16.0. The highest BCUT2D eigenvalue weighted by Crippen LogP contribution is 2.35. The van der Waals surface area contributed by atoms with E-state index in [4.69, 9.17) is 11.6 Å². The van der Waals surface area contributed by atoms with Crippen LogP contribution in [-0.4, -0.2) is 28.7 Å². The maximum atomic E-state index is 13.5. The van der Waals surface area contributed by atoms with E-state index in [9.17, 15) is 9.59 Å². The number of fused-ring (bicyclic) bond motifs is 2. The third kappa shape index (κ3) is 3.23. The molecule has 10 heteroatoms. The lowest BCUT2D eigenvalue weighted by molar-refractivity contribution is 0.605. The summed E-state index contributed by atoms with van der Waals surface area (Å²) < 4.78 is 4.64. The van der Waals surface area contributed by atoms with E-state index in [1.165, 1.54) is 4.57 Å². The molecule has 0 aliphatic heterocycles. The summed E-state index contributed by atoms with van der Waals surface area (Å²) in [6.45, 7) is 0.115. The number of benzene rings is 1. The number of aromatic amines is 1. The fraction of sp³-hybridized carbons (Fsp3) is 0.217. The second kappa shape index (κ2) is 7.35. The molecule has 4 heterocycles. The minimum absolute atomic E-state index is 0.0488. The normalized spacial score (nSPS) is 13.8. The van der Waals surface area contributed by atoms with E-state index in [1.54, 1.807) is 28.6 Å². The van der Waals surface area contributed by atoms with Gasteiger partial charge < -0.3 is 14.9 Å². The Morgan fingerprint density at radius 1 is 1.18 bits per heavy atom. The molecule has 1 saturated carbocycles. The topological polar surface area (TPSA) is 103 Å². The average molecular weight is 462 g/mol. The summed E-state index contributed by atoms with van der Waals surface area (Å²) in [6.07, 6.45) is 5.12. The smallest absolute Gasteiger partial charge is 0.333 e. The first-order valence-electron chi connectivity index (χ1n) is 10.7.